The van der Waals surface area contributed by atoms with Crippen molar-refractivity contribution in [1.29, 1.82) is 5.26 Å². The van der Waals surface area contributed by atoms with E-state index in [-0.39, 0.29) is 6.23 Å². The number of aryl methyl sites for hydroxylation is 2. The topological polar surface area (TPSA) is 133 Å². The Morgan fingerprint density at radius 2 is 2.05 bits per heavy atom. The molecule has 1 atom stereocenters. The van der Waals surface area contributed by atoms with Gasteiger partial charge >= 0.3 is 0 Å². The van der Waals surface area contributed by atoms with Gasteiger partial charge in [0.25, 0.3) is 6.47 Å². The van der Waals surface area contributed by atoms with Gasteiger partial charge in [-0.25, -0.2) is 20.3 Å². The fraction of sp³-hybridized carbons (Fsp3) is 0.393. The number of likely N-dealkylation sites (tertiary alicyclic amines) is 1. The molecule has 2 aliphatic rings. The molecule has 206 valence electrons. The maximum absolute atomic E-state index is 10.7. The number of hydrogen-bond donors (Lipinski definition) is 2. The Balaban J connectivity index is 0.000000192. The number of imidazole rings is 1. The predicted molar refractivity (Wildman–Crippen MR) is 148 cm³/mol. The molecule has 0 aliphatic carbocycles. The highest BCUT2D eigenvalue weighted by molar-refractivity contribution is 5.99. The first-order chi connectivity index (χ1) is 18.9. The highest BCUT2D eigenvalue weighted by atomic mass is 16.7. The summed E-state index contributed by atoms with van der Waals surface area (Å²) in [5.41, 5.74) is 8.80. The second kappa shape index (κ2) is 14.6. The molecular formula is C28H35N7O4. The Labute approximate surface area is 228 Å². The highest BCUT2D eigenvalue weighted by Crippen LogP contribution is 2.24. The summed E-state index contributed by atoms with van der Waals surface area (Å²) in [5, 5.41) is 11.6. The molecule has 0 bridgehead atoms. The number of carbonyl (C=O) groups is 2. The fourth-order valence-electron chi connectivity index (χ4n) is 4.25. The molecular weight excluding hydrogens is 498 g/mol. The van der Waals surface area contributed by atoms with Crippen molar-refractivity contribution in [2.75, 3.05) is 39.6 Å². The molecule has 1 unspecified atom stereocenters. The third-order valence-corrected chi connectivity index (χ3v) is 6.38. The second-order valence-corrected chi connectivity index (χ2v) is 9.26. The number of unbranched alkanes of at least 4 members (excludes halogenated alkanes) is 1. The standard InChI is InChI=1S/C14H20N4O.C12H11N3O.C2H4O2/c1-9-4-5-10(6-12(9)15-2)13-16-14(19-17-13)11-7-18(3)8-11;13-6-2-1-3-10-4-5-12-14-7-11(9-16)15(12)8-10;1-4-2-3/h4-6,11,14-15H,7-8H2,1-3H3,(H,16,17);4-5,7-9H,1-3H2;2H,1H3. The number of benzene rings is 1. The van der Waals surface area contributed by atoms with Gasteiger partial charge < -0.3 is 15.0 Å². The lowest BCUT2D eigenvalue weighted by Crippen LogP contribution is -2.49. The van der Waals surface area contributed by atoms with E-state index in [9.17, 15) is 4.79 Å². The molecule has 2 aliphatic heterocycles. The minimum atomic E-state index is -0.0504. The van der Waals surface area contributed by atoms with Crippen LogP contribution in [0.15, 0.2) is 47.7 Å². The Hall–Kier alpha value is -4.27. The molecule has 11 nitrogen and oxygen atoms in total. The van der Waals surface area contributed by atoms with E-state index in [4.69, 9.17) is 14.9 Å². The number of carbonyl (C=O) groups excluding carboxylic acids is 2. The SMILES string of the molecule is CNc1cc(C2=NC(C3CN(C)C3)ON2)ccc1C.COC=O.N#CCCCc1ccc2ncc(C=O)n2c1. The number of nitriles is 1. The number of hydroxylamine groups is 1. The van der Waals surface area contributed by atoms with Gasteiger partial charge in [0, 0.05) is 49.9 Å². The van der Waals surface area contributed by atoms with E-state index in [0.29, 0.717) is 24.5 Å². The number of aldehydes is 1. The first kappa shape index (κ1) is 29.3. The van der Waals surface area contributed by atoms with Crippen LogP contribution >= 0.6 is 0 Å². The number of nitrogens with one attached hydrogen (secondary N) is 2. The van der Waals surface area contributed by atoms with Gasteiger partial charge in [-0.2, -0.15) is 5.26 Å². The van der Waals surface area contributed by atoms with Crippen LogP contribution < -0.4 is 10.8 Å². The Morgan fingerprint density at radius 3 is 2.69 bits per heavy atom. The summed E-state index contributed by atoms with van der Waals surface area (Å²) >= 11 is 0. The lowest BCUT2D eigenvalue weighted by Gasteiger charge is -2.37. The van der Waals surface area contributed by atoms with E-state index < -0.39 is 0 Å². The van der Waals surface area contributed by atoms with Crippen LogP contribution in [0.3, 0.4) is 0 Å². The number of nitrogens with zero attached hydrogens (tertiary/aromatic N) is 5. The summed E-state index contributed by atoms with van der Waals surface area (Å²) < 4.78 is 5.63. The molecule has 1 fully saturated rings. The number of fused-ring (bicyclic) bond motifs is 1. The molecule has 2 aromatic heterocycles. The molecule has 3 aromatic rings. The fourth-order valence-corrected chi connectivity index (χ4v) is 4.25. The van der Waals surface area contributed by atoms with Crippen molar-refractivity contribution in [3.05, 3.63) is 65.1 Å². The summed E-state index contributed by atoms with van der Waals surface area (Å²) in [4.78, 5) is 36.3. The van der Waals surface area contributed by atoms with E-state index in [1.807, 2.05) is 25.4 Å². The van der Waals surface area contributed by atoms with Gasteiger partial charge in [0.15, 0.2) is 18.3 Å². The second-order valence-electron chi connectivity index (χ2n) is 9.26. The Morgan fingerprint density at radius 1 is 1.28 bits per heavy atom. The molecule has 5 rings (SSSR count). The first-order valence-corrected chi connectivity index (χ1v) is 12.6. The van der Waals surface area contributed by atoms with Crippen LogP contribution in [0.2, 0.25) is 0 Å². The van der Waals surface area contributed by atoms with Crippen LogP contribution in [-0.2, 0) is 20.8 Å². The van der Waals surface area contributed by atoms with Crippen LogP contribution in [0.25, 0.3) is 5.65 Å². The zero-order valence-corrected chi connectivity index (χ0v) is 22.8. The number of anilines is 1. The number of rotatable bonds is 8. The monoisotopic (exact) mass is 533 g/mol. The summed E-state index contributed by atoms with van der Waals surface area (Å²) in [7, 11) is 5.36. The lowest BCUT2D eigenvalue weighted by molar-refractivity contribution is -0.126. The largest absolute Gasteiger partial charge is 0.471 e. The third-order valence-electron chi connectivity index (χ3n) is 6.38. The molecule has 0 spiro atoms. The van der Waals surface area contributed by atoms with Gasteiger partial charge in [0.1, 0.15) is 11.3 Å². The maximum atomic E-state index is 10.7. The van der Waals surface area contributed by atoms with Crippen molar-refractivity contribution in [1.82, 2.24) is 19.8 Å². The van der Waals surface area contributed by atoms with Crippen LogP contribution in [-0.4, -0.2) is 73.4 Å². The number of pyridine rings is 1. The van der Waals surface area contributed by atoms with E-state index >= 15 is 0 Å². The molecule has 39 heavy (non-hydrogen) atoms. The van der Waals surface area contributed by atoms with Gasteiger partial charge in [-0.3, -0.25) is 14.0 Å². The number of amidine groups is 1. The number of methoxy groups -OCH3 is 1. The van der Waals surface area contributed by atoms with E-state index in [2.05, 4.69) is 68.6 Å². The van der Waals surface area contributed by atoms with Crippen molar-refractivity contribution in [2.24, 2.45) is 10.9 Å². The maximum Gasteiger partial charge on any atom is 0.292 e. The number of aromatic nitrogens is 2. The van der Waals surface area contributed by atoms with Gasteiger partial charge in [-0.15, -0.1) is 0 Å². The lowest BCUT2D eigenvalue weighted by atomic mass is 9.99. The van der Waals surface area contributed by atoms with Crippen LogP contribution in [0.5, 0.6) is 0 Å². The van der Waals surface area contributed by atoms with Crippen molar-refractivity contribution in [3.8, 4) is 6.07 Å². The predicted octanol–water partition coefficient (Wildman–Crippen LogP) is 2.99. The summed E-state index contributed by atoms with van der Waals surface area (Å²) in [6, 6.07) is 12.2. The highest BCUT2D eigenvalue weighted by Gasteiger charge is 2.35. The van der Waals surface area contributed by atoms with Gasteiger partial charge in [0.2, 0.25) is 0 Å². The molecule has 2 N–H and O–H groups in total. The number of ether oxygens (including phenoxy) is 1. The molecule has 1 saturated heterocycles. The van der Waals surface area contributed by atoms with Crippen molar-refractivity contribution >= 4 is 29.9 Å². The van der Waals surface area contributed by atoms with Crippen LogP contribution in [0, 0.1) is 24.2 Å². The Kier molecular flexibility index (Phi) is 11.0. The third kappa shape index (κ3) is 7.86. The summed E-state index contributed by atoms with van der Waals surface area (Å²) in [6.07, 6.45) is 6.45. The van der Waals surface area contributed by atoms with Gasteiger partial charge in [-0.1, -0.05) is 18.2 Å². The number of hydrogen-bond acceptors (Lipinski definition) is 10. The van der Waals surface area contributed by atoms with Crippen molar-refractivity contribution < 1.29 is 19.2 Å². The number of aliphatic imine (C=N–C) groups is 1. The molecule has 0 saturated carbocycles. The molecule has 0 radical (unpaired) electrons. The zero-order valence-electron chi connectivity index (χ0n) is 22.8. The minimum Gasteiger partial charge on any atom is -0.471 e. The minimum absolute atomic E-state index is 0.0504. The van der Waals surface area contributed by atoms with E-state index in [1.165, 1.54) is 12.7 Å². The Bertz CT molecular complexity index is 1330. The summed E-state index contributed by atoms with van der Waals surface area (Å²) in [5.74, 6) is 1.33. The molecule has 4 heterocycles. The van der Waals surface area contributed by atoms with Gasteiger partial charge in [0.05, 0.1) is 19.4 Å². The van der Waals surface area contributed by atoms with Crippen LogP contribution in [0.4, 0.5) is 5.69 Å². The average Bonchev–Trinajstić information content (AvgIpc) is 3.59. The van der Waals surface area contributed by atoms with E-state index in [0.717, 1.165) is 60.5 Å². The van der Waals surface area contributed by atoms with E-state index in [1.54, 1.807) is 10.6 Å². The van der Waals surface area contributed by atoms with Crippen molar-refractivity contribution in [3.63, 3.8) is 0 Å². The smallest absolute Gasteiger partial charge is 0.292 e. The zero-order chi connectivity index (χ0) is 28.2. The van der Waals surface area contributed by atoms with Gasteiger partial charge in [-0.05, 0) is 50.1 Å². The average molecular weight is 534 g/mol. The normalized spacial score (nSPS) is 16.3. The molecule has 1 aromatic carbocycles. The molecule has 0 amide bonds. The molecule has 11 heteroatoms. The summed E-state index contributed by atoms with van der Waals surface area (Å²) in [6.45, 7) is 4.57. The quantitative estimate of drug-likeness (QED) is 0.331. The first-order valence-electron chi connectivity index (χ1n) is 12.6. The van der Waals surface area contributed by atoms with Crippen molar-refractivity contribution in [2.45, 2.75) is 32.4 Å². The van der Waals surface area contributed by atoms with Crippen LogP contribution in [0.1, 0.15) is 40.0 Å².